The van der Waals surface area contributed by atoms with Crippen LogP contribution in [0, 0.1) is 17.8 Å². The van der Waals surface area contributed by atoms with Crippen LogP contribution in [0.25, 0.3) is 0 Å². The van der Waals surface area contributed by atoms with Crippen molar-refractivity contribution < 1.29 is 17.9 Å². The first-order valence-electron chi connectivity index (χ1n) is 11.4. The van der Waals surface area contributed by atoms with Crippen LogP contribution in [-0.4, -0.2) is 26.5 Å². The van der Waals surface area contributed by atoms with E-state index in [1.807, 2.05) is 20.8 Å². The van der Waals surface area contributed by atoms with E-state index in [0.29, 0.717) is 28.8 Å². The number of amides is 1. The number of hydrogen-bond acceptors (Lipinski definition) is 4. The lowest BCUT2D eigenvalue weighted by Crippen LogP contribution is -2.40. The number of carbonyl (C=O) groups is 1. The van der Waals surface area contributed by atoms with Crippen molar-refractivity contribution in [2.24, 2.45) is 17.8 Å². The molecule has 32 heavy (non-hydrogen) atoms. The SMILES string of the molecule is CC(C)Oc1ccc(C(=O)Nc2ccc(S(=O)(=O)N[C@@H](C)[C@H]3C[C@H]4CC[C@H]3C4)cc2)cc1. The molecule has 0 unspecified atom stereocenters. The Morgan fingerprint density at radius 3 is 2.22 bits per heavy atom. The van der Waals surface area contributed by atoms with Crippen molar-refractivity contribution in [2.75, 3.05) is 5.32 Å². The first kappa shape index (κ1) is 22.8. The molecule has 0 aliphatic heterocycles. The van der Waals surface area contributed by atoms with Crippen LogP contribution in [0.3, 0.4) is 0 Å². The second-order valence-electron chi connectivity index (χ2n) is 9.42. The number of nitrogens with one attached hydrogen (secondary N) is 2. The fourth-order valence-electron chi connectivity index (χ4n) is 5.18. The topological polar surface area (TPSA) is 84.5 Å². The van der Waals surface area contributed by atoms with Crippen LogP contribution in [-0.2, 0) is 10.0 Å². The summed E-state index contributed by atoms with van der Waals surface area (Å²) >= 11 is 0. The Morgan fingerprint density at radius 1 is 0.969 bits per heavy atom. The molecule has 0 radical (unpaired) electrons. The molecular formula is C25H32N2O4S. The van der Waals surface area contributed by atoms with Crippen LogP contribution in [0.5, 0.6) is 5.75 Å². The molecular weight excluding hydrogens is 424 g/mol. The first-order valence-corrected chi connectivity index (χ1v) is 12.9. The van der Waals surface area contributed by atoms with Crippen LogP contribution in [0.4, 0.5) is 5.69 Å². The predicted molar refractivity (Wildman–Crippen MR) is 125 cm³/mol. The second kappa shape index (κ2) is 9.24. The number of fused-ring (bicyclic) bond motifs is 2. The average molecular weight is 457 g/mol. The lowest BCUT2D eigenvalue weighted by molar-refractivity contribution is 0.102. The molecule has 2 fully saturated rings. The van der Waals surface area contributed by atoms with E-state index in [4.69, 9.17) is 4.74 Å². The Hall–Kier alpha value is -2.38. The fraction of sp³-hybridized carbons (Fsp3) is 0.480. The first-order chi connectivity index (χ1) is 15.2. The Kier molecular flexibility index (Phi) is 6.58. The van der Waals surface area contributed by atoms with Gasteiger partial charge in [-0.2, -0.15) is 0 Å². The van der Waals surface area contributed by atoms with Gasteiger partial charge >= 0.3 is 0 Å². The largest absolute Gasteiger partial charge is 0.491 e. The molecule has 0 saturated heterocycles. The van der Waals surface area contributed by atoms with Gasteiger partial charge in [0.2, 0.25) is 10.0 Å². The zero-order chi connectivity index (χ0) is 22.9. The third-order valence-corrected chi connectivity index (χ3v) is 8.26. The Labute approximate surface area is 190 Å². The maximum Gasteiger partial charge on any atom is 0.255 e. The summed E-state index contributed by atoms with van der Waals surface area (Å²) in [5.74, 6) is 2.30. The predicted octanol–water partition coefficient (Wildman–Crippen LogP) is 4.83. The number of ether oxygens (including phenoxy) is 1. The van der Waals surface area contributed by atoms with Gasteiger partial charge in [0.05, 0.1) is 11.0 Å². The van der Waals surface area contributed by atoms with Crippen molar-refractivity contribution in [3.8, 4) is 5.75 Å². The van der Waals surface area contributed by atoms with Crippen LogP contribution in [0.15, 0.2) is 53.4 Å². The van der Waals surface area contributed by atoms with Gasteiger partial charge in [-0.15, -0.1) is 0 Å². The molecule has 2 N–H and O–H groups in total. The average Bonchev–Trinajstić information content (AvgIpc) is 3.38. The van der Waals surface area contributed by atoms with E-state index in [0.717, 1.165) is 12.3 Å². The van der Waals surface area contributed by atoms with Crippen molar-refractivity contribution >= 4 is 21.6 Å². The van der Waals surface area contributed by atoms with Crippen molar-refractivity contribution in [3.05, 3.63) is 54.1 Å². The molecule has 2 aliphatic rings. The van der Waals surface area contributed by atoms with E-state index >= 15 is 0 Å². The number of sulfonamides is 1. The van der Waals surface area contributed by atoms with E-state index < -0.39 is 10.0 Å². The molecule has 2 aromatic rings. The van der Waals surface area contributed by atoms with Crippen molar-refractivity contribution in [1.29, 1.82) is 0 Å². The molecule has 2 aromatic carbocycles. The van der Waals surface area contributed by atoms with Crippen LogP contribution in [0.2, 0.25) is 0 Å². The molecule has 4 rings (SSSR count). The van der Waals surface area contributed by atoms with Crippen molar-refractivity contribution in [3.63, 3.8) is 0 Å². The molecule has 6 nitrogen and oxygen atoms in total. The third kappa shape index (κ3) is 5.15. The summed E-state index contributed by atoms with van der Waals surface area (Å²) in [7, 11) is -3.60. The van der Waals surface area contributed by atoms with Gasteiger partial charge in [-0.05, 0) is 106 Å². The molecule has 2 bridgehead atoms. The third-order valence-electron chi connectivity index (χ3n) is 6.69. The maximum atomic E-state index is 12.9. The van der Waals surface area contributed by atoms with Gasteiger partial charge in [-0.25, -0.2) is 13.1 Å². The van der Waals surface area contributed by atoms with E-state index in [9.17, 15) is 13.2 Å². The molecule has 7 heteroatoms. The van der Waals surface area contributed by atoms with Crippen molar-refractivity contribution in [2.45, 2.75) is 63.5 Å². The fourth-order valence-corrected chi connectivity index (χ4v) is 6.48. The summed E-state index contributed by atoms with van der Waals surface area (Å²) in [5, 5.41) is 2.81. The Bertz CT molecular complexity index is 1050. The standard InChI is InChI=1S/C25H32N2O4S/c1-16(2)31-22-10-6-19(7-11-22)25(28)26-21-8-12-23(13-9-21)32(29,30)27-17(3)24-15-18-4-5-20(24)14-18/h6-13,16-18,20,24,27H,4-5,14-15H2,1-3H3,(H,26,28)/t17-,18-,20-,24+/m0/s1. The number of hydrogen-bond donors (Lipinski definition) is 2. The normalized spacial score (nSPS) is 23.3. The second-order valence-corrected chi connectivity index (χ2v) is 11.1. The lowest BCUT2D eigenvalue weighted by Gasteiger charge is -2.28. The molecule has 0 spiro atoms. The minimum absolute atomic E-state index is 0.0650. The molecule has 4 atom stereocenters. The van der Waals surface area contributed by atoms with Crippen LogP contribution in [0.1, 0.15) is 56.8 Å². The number of anilines is 1. The highest BCUT2D eigenvalue weighted by atomic mass is 32.2. The minimum atomic E-state index is -3.60. The van der Waals surface area contributed by atoms with Gasteiger partial charge in [-0.1, -0.05) is 6.42 Å². The van der Waals surface area contributed by atoms with E-state index in [-0.39, 0.29) is 22.9 Å². The van der Waals surface area contributed by atoms with Gasteiger partial charge in [-0.3, -0.25) is 4.79 Å². The van der Waals surface area contributed by atoms with Gasteiger partial charge in [0.1, 0.15) is 5.75 Å². The summed E-state index contributed by atoms with van der Waals surface area (Å²) < 4.78 is 34.2. The molecule has 2 saturated carbocycles. The summed E-state index contributed by atoms with van der Waals surface area (Å²) in [6.45, 7) is 5.87. The number of rotatable bonds is 8. The zero-order valence-electron chi connectivity index (χ0n) is 18.9. The van der Waals surface area contributed by atoms with Gasteiger partial charge in [0.15, 0.2) is 0 Å². The highest BCUT2D eigenvalue weighted by molar-refractivity contribution is 7.89. The van der Waals surface area contributed by atoms with Gasteiger partial charge < -0.3 is 10.1 Å². The Balaban J connectivity index is 1.36. The summed E-state index contributed by atoms with van der Waals surface area (Å²) in [4.78, 5) is 12.7. The van der Waals surface area contributed by atoms with Gasteiger partial charge in [0, 0.05) is 17.3 Å². The van der Waals surface area contributed by atoms with E-state index in [1.165, 1.54) is 31.4 Å². The Morgan fingerprint density at radius 2 is 1.66 bits per heavy atom. The lowest BCUT2D eigenvalue weighted by atomic mass is 9.84. The quantitative estimate of drug-likeness (QED) is 0.596. The highest BCUT2D eigenvalue weighted by Gasteiger charge is 2.42. The van der Waals surface area contributed by atoms with Crippen molar-refractivity contribution in [1.82, 2.24) is 4.72 Å². The van der Waals surface area contributed by atoms with E-state index in [1.54, 1.807) is 36.4 Å². The summed E-state index contributed by atoms with van der Waals surface area (Å²) in [6.07, 6.45) is 4.96. The smallest absolute Gasteiger partial charge is 0.255 e. The monoisotopic (exact) mass is 456 g/mol. The molecule has 2 aliphatic carbocycles. The highest BCUT2D eigenvalue weighted by Crippen LogP contribution is 2.49. The molecule has 1 amide bonds. The number of carbonyl (C=O) groups excluding carboxylic acids is 1. The van der Waals surface area contributed by atoms with Crippen LogP contribution < -0.4 is 14.8 Å². The van der Waals surface area contributed by atoms with Gasteiger partial charge in [0.25, 0.3) is 5.91 Å². The molecule has 0 aromatic heterocycles. The summed E-state index contributed by atoms with van der Waals surface area (Å²) in [5.41, 5.74) is 1.04. The maximum absolute atomic E-state index is 12.9. The minimum Gasteiger partial charge on any atom is -0.491 e. The summed E-state index contributed by atoms with van der Waals surface area (Å²) in [6, 6.07) is 13.1. The molecule has 0 heterocycles. The number of benzene rings is 2. The zero-order valence-corrected chi connectivity index (χ0v) is 19.7. The molecule has 172 valence electrons. The van der Waals surface area contributed by atoms with E-state index in [2.05, 4.69) is 10.0 Å². The van der Waals surface area contributed by atoms with Crippen LogP contribution >= 0.6 is 0 Å².